The van der Waals surface area contributed by atoms with Gasteiger partial charge in [0, 0.05) is 0 Å². The van der Waals surface area contributed by atoms with Crippen LogP contribution in [0.1, 0.15) is 66.2 Å². The molecule has 0 aliphatic heterocycles. The number of hydrogen-bond acceptors (Lipinski definition) is 0. The Morgan fingerprint density at radius 3 is 1.24 bits per heavy atom. The molecule has 0 bridgehead atoms. The first-order valence-electron chi connectivity index (χ1n) is 7.34. The molecule has 0 nitrogen and oxygen atoms in total. The summed E-state index contributed by atoms with van der Waals surface area (Å²) >= 11 is 0. The van der Waals surface area contributed by atoms with Crippen LogP contribution in [0.2, 0.25) is 0 Å². The summed E-state index contributed by atoms with van der Waals surface area (Å²) in [5, 5.41) is 0. The van der Waals surface area contributed by atoms with E-state index >= 15 is 0 Å². The van der Waals surface area contributed by atoms with Gasteiger partial charge in [-0.15, -0.1) is 12.8 Å². The molecule has 3 heteroatoms. The monoisotopic (exact) mass is 402 g/mol. The quantitative estimate of drug-likeness (QED) is 0.567. The van der Waals surface area contributed by atoms with Crippen LogP contribution in [0.3, 0.4) is 0 Å². The Kier molecular flexibility index (Phi) is 19.2. The van der Waals surface area contributed by atoms with Crippen molar-refractivity contribution in [2.24, 2.45) is 0 Å². The molecule has 0 N–H and O–H groups in total. The maximum Gasteiger partial charge on any atom is 4.00 e. The Morgan fingerprint density at radius 2 is 1.05 bits per heavy atom. The molecule has 0 amide bonds. The fourth-order valence-electron chi connectivity index (χ4n) is 2.46. The Bertz CT molecular complexity index is 352. The third kappa shape index (κ3) is 8.58. The molecule has 21 heavy (non-hydrogen) atoms. The second-order valence-corrected chi connectivity index (χ2v) is 4.68. The van der Waals surface area contributed by atoms with Gasteiger partial charge in [-0.1, -0.05) is 53.4 Å². The average Bonchev–Trinajstić information content (AvgIpc) is 3.06. The smallest absolute Gasteiger partial charge is 1.00 e. The van der Waals surface area contributed by atoms with Gasteiger partial charge in [-0.25, -0.2) is 22.3 Å². The van der Waals surface area contributed by atoms with E-state index in [2.05, 4.69) is 52.0 Å². The van der Waals surface area contributed by atoms with Gasteiger partial charge >= 0.3 is 26.2 Å². The van der Waals surface area contributed by atoms with Gasteiger partial charge in [0.15, 0.2) is 0 Å². The summed E-state index contributed by atoms with van der Waals surface area (Å²) in [6, 6.07) is 0. The molecule has 2 aliphatic rings. The molecule has 2 rings (SSSR count). The number of rotatable bonds is 4. The van der Waals surface area contributed by atoms with E-state index in [0.717, 1.165) is 25.7 Å². The van der Waals surface area contributed by atoms with E-state index in [1.807, 2.05) is 0 Å². The van der Waals surface area contributed by atoms with Gasteiger partial charge in [-0.05, 0) is 0 Å². The first kappa shape index (κ1) is 26.3. The van der Waals surface area contributed by atoms with Crippen molar-refractivity contribution in [3.05, 3.63) is 46.6 Å². The third-order valence-corrected chi connectivity index (χ3v) is 3.66. The molecule has 0 unspecified atom stereocenters. The van der Waals surface area contributed by atoms with E-state index in [9.17, 15) is 0 Å². The zero-order valence-corrected chi connectivity index (χ0v) is 17.6. The SMILES string of the molecule is CCC1=C(CC)CC=[C-]1.CCC1=C(CC)CC=[C-]1.[Cl-].[Cl-].[Zr+4]. The standard InChI is InChI=1S/2C9H13.2ClH.Zr/c2*1-3-8-6-5-7-9(8)4-2;;;/h2*5H,3-4,6H2,1-2H3;2*1H;/q2*-1;;;+4/p-2. The van der Waals surface area contributed by atoms with Crippen LogP contribution in [0.15, 0.2) is 34.4 Å². The molecule has 0 aromatic heterocycles. The normalized spacial score (nSPS) is 15.0. The molecule has 0 aromatic rings. The maximum atomic E-state index is 3.26. The van der Waals surface area contributed by atoms with E-state index in [4.69, 9.17) is 0 Å². The summed E-state index contributed by atoms with van der Waals surface area (Å²) in [4.78, 5) is 0. The van der Waals surface area contributed by atoms with Gasteiger partial charge in [0.25, 0.3) is 0 Å². The summed E-state index contributed by atoms with van der Waals surface area (Å²) in [5.74, 6) is 0. The van der Waals surface area contributed by atoms with E-state index < -0.39 is 0 Å². The van der Waals surface area contributed by atoms with Crippen LogP contribution >= 0.6 is 0 Å². The molecule has 0 heterocycles. The van der Waals surface area contributed by atoms with Gasteiger partial charge in [0.1, 0.15) is 0 Å². The zero-order chi connectivity index (χ0) is 13.4. The van der Waals surface area contributed by atoms with Crippen molar-refractivity contribution >= 4 is 0 Å². The Labute approximate surface area is 163 Å². The number of halogens is 2. The minimum atomic E-state index is 0. The first-order chi connectivity index (χ1) is 8.76. The third-order valence-electron chi connectivity index (χ3n) is 3.66. The molecule has 0 radical (unpaired) electrons. The molecule has 2 aliphatic carbocycles. The van der Waals surface area contributed by atoms with Gasteiger partial charge in [-0.2, -0.15) is 12.2 Å². The van der Waals surface area contributed by atoms with Gasteiger partial charge in [-0.3, -0.25) is 12.2 Å². The molecule has 0 fully saturated rings. The van der Waals surface area contributed by atoms with Crippen LogP contribution in [-0.2, 0) is 26.2 Å². The van der Waals surface area contributed by atoms with Crippen LogP contribution in [0.25, 0.3) is 0 Å². The largest absolute Gasteiger partial charge is 4.00 e. The average molecular weight is 405 g/mol. The second-order valence-electron chi connectivity index (χ2n) is 4.68. The predicted molar refractivity (Wildman–Crippen MR) is 80.1 cm³/mol. The van der Waals surface area contributed by atoms with Crippen molar-refractivity contribution in [2.75, 3.05) is 0 Å². The summed E-state index contributed by atoms with van der Waals surface area (Å²) in [6.07, 6.45) is 17.8. The molecule has 0 atom stereocenters. The summed E-state index contributed by atoms with van der Waals surface area (Å²) in [7, 11) is 0. The number of hydrogen-bond donors (Lipinski definition) is 0. The Morgan fingerprint density at radius 1 is 0.714 bits per heavy atom. The van der Waals surface area contributed by atoms with Crippen LogP contribution < -0.4 is 24.8 Å². The molecule has 0 aromatic carbocycles. The van der Waals surface area contributed by atoms with E-state index in [1.165, 1.54) is 24.0 Å². The van der Waals surface area contributed by atoms with Crippen LogP contribution in [0.5, 0.6) is 0 Å². The minimum absolute atomic E-state index is 0. The minimum Gasteiger partial charge on any atom is -1.00 e. The molecular formula is C18H26Cl2Zr. The summed E-state index contributed by atoms with van der Waals surface area (Å²) in [6.45, 7) is 8.81. The van der Waals surface area contributed by atoms with Crippen molar-refractivity contribution in [2.45, 2.75) is 66.2 Å². The van der Waals surface area contributed by atoms with Gasteiger partial charge < -0.3 is 24.8 Å². The summed E-state index contributed by atoms with van der Waals surface area (Å²) in [5.41, 5.74) is 6.05. The maximum absolute atomic E-state index is 3.26. The number of allylic oxidation sites excluding steroid dienone is 8. The fourth-order valence-corrected chi connectivity index (χ4v) is 2.46. The summed E-state index contributed by atoms with van der Waals surface area (Å²) < 4.78 is 0. The van der Waals surface area contributed by atoms with Crippen molar-refractivity contribution in [1.82, 2.24) is 0 Å². The van der Waals surface area contributed by atoms with Gasteiger partial charge in [0.2, 0.25) is 0 Å². The zero-order valence-electron chi connectivity index (χ0n) is 13.7. The molecule has 0 saturated heterocycles. The fraction of sp³-hybridized carbons (Fsp3) is 0.556. The van der Waals surface area contributed by atoms with Crippen molar-refractivity contribution in [1.29, 1.82) is 0 Å². The topological polar surface area (TPSA) is 0 Å². The van der Waals surface area contributed by atoms with Crippen LogP contribution in [-0.4, -0.2) is 0 Å². The molecule has 0 saturated carbocycles. The van der Waals surface area contributed by atoms with E-state index in [0.29, 0.717) is 0 Å². The predicted octanol–water partition coefficient (Wildman–Crippen LogP) is -0.262. The van der Waals surface area contributed by atoms with Crippen molar-refractivity contribution < 1.29 is 51.0 Å². The molecular weight excluding hydrogens is 378 g/mol. The molecule has 0 spiro atoms. The Balaban J connectivity index is -0.000000270. The van der Waals surface area contributed by atoms with Crippen molar-refractivity contribution in [3.8, 4) is 0 Å². The first-order valence-corrected chi connectivity index (χ1v) is 7.34. The Hall–Kier alpha value is 0.423. The van der Waals surface area contributed by atoms with Crippen LogP contribution in [0.4, 0.5) is 0 Å². The van der Waals surface area contributed by atoms with Gasteiger partial charge in [0.05, 0.1) is 0 Å². The second kappa shape index (κ2) is 15.3. The van der Waals surface area contributed by atoms with E-state index in [-0.39, 0.29) is 51.0 Å². The van der Waals surface area contributed by atoms with Crippen LogP contribution in [0, 0.1) is 12.2 Å². The van der Waals surface area contributed by atoms with Crippen molar-refractivity contribution in [3.63, 3.8) is 0 Å². The molecule has 116 valence electrons. The van der Waals surface area contributed by atoms with E-state index in [1.54, 1.807) is 11.1 Å².